The molecule has 0 saturated carbocycles. The van der Waals surface area contributed by atoms with E-state index in [2.05, 4.69) is 12.1 Å². The van der Waals surface area contributed by atoms with Crippen LogP contribution in [0.1, 0.15) is 5.56 Å². The summed E-state index contributed by atoms with van der Waals surface area (Å²) in [5, 5.41) is 0. The lowest BCUT2D eigenvalue weighted by Crippen LogP contribution is -2.26. The van der Waals surface area contributed by atoms with E-state index in [0.717, 1.165) is 23.3 Å². The average Bonchev–Trinajstić information content (AvgIpc) is 2.69. The van der Waals surface area contributed by atoms with Gasteiger partial charge >= 0.3 is 0 Å². The lowest BCUT2D eigenvalue weighted by molar-refractivity contribution is -0.119. The summed E-state index contributed by atoms with van der Waals surface area (Å²) in [7, 11) is 0. The zero-order chi connectivity index (χ0) is 17.3. The van der Waals surface area contributed by atoms with Crippen molar-refractivity contribution in [3.63, 3.8) is 0 Å². The SMILES string of the molecule is O=CN(CCOc1ccc(-c2ccccc2)cc1)Cc1ccccc1. The molecule has 25 heavy (non-hydrogen) atoms. The molecule has 0 aliphatic rings. The van der Waals surface area contributed by atoms with Gasteiger partial charge in [-0.15, -0.1) is 0 Å². The Hall–Kier alpha value is -3.07. The van der Waals surface area contributed by atoms with Crippen LogP contribution in [0.2, 0.25) is 0 Å². The Morgan fingerprint density at radius 2 is 1.36 bits per heavy atom. The van der Waals surface area contributed by atoms with Crippen molar-refractivity contribution in [3.05, 3.63) is 90.5 Å². The molecule has 3 rings (SSSR count). The molecule has 0 atom stereocenters. The zero-order valence-corrected chi connectivity index (χ0v) is 14.0. The van der Waals surface area contributed by atoms with Gasteiger partial charge in [0.25, 0.3) is 0 Å². The molecule has 0 N–H and O–H groups in total. The number of benzene rings is 3. The first kappa shape index (κ1) is 16.8. The number of ether oxygens (including phenoxy) is 1. The summed E-state index contributed by atoms with van der Waals surface area (Å²) in [4.78, 5) is 12.9. The number of nitrogens with zero attached hydrogens (tertiary/aromatic N) is 1. The minimum Gasteiger partial charge on any atom is -0.492 e. The van der Waals surface area contributed by atoms with E-state index >= 15 is 0 Å². The third-order valence-electron chi connectivity index (χ3n) is 3.99. The van der Waals surface area contributed by atoms with Gasteiger partial charge in [0.05, 0.1) is 6.54 Å². The second-order valence-corrected chi connectivity index (χ2v) is 5.80. The van der Waals surface area contributed by atoms with Crippen LogP contribution in [-0.2, 0) is 11.3 Å². The van der Waals surface area contributed by atoms with Gasteiger partial charge in [0, 0.05) is 6.54 Å². The van der Waals surface area contributed by atoms with Crippen molar-refractivity contribution in [3.8, 4) is 16.9 Å². The van der Waals surface area contributed by atoms with E-state index in [1.165, 1.54) is 5.56 Å². The number of rotatable bonds is 8. The van der Waals surface area contributed by atoms with Crippen LogP contribution < -0.4 is 4.74 Å². The Kier molecular flexibility index (Phi) is 5.83. The number of hydrogen-bond donors (Lipinski definition) is 0. The molecule has 3 aromatic carbocycles. The minimum absolute atomic E-state index is 0.469. The molecule has 3 aromatic rings. The van der Waals surface area contributed by atoms with Crippen LogP contribution in [0.4, 0.5) is 0 Å². The lowest BCUT2D eigenvalue weighted by Gasteiger charge is -2.17. The van der Waals surface area contributed by atoms with Crippen molar-refractivity contribution < 1.29 is 9.53 Å². The van der Waals surface area contributed by atoms with E-state index in [9.17, 15) is 4.79 Å². The molecule has 3 nitrogen and oxygen atoms in total. The van der Waals surface area contributed by atoms with Crippen LogP contribution in [0, 0.1) is 0 Å². The summed E-state index contributed by atoms with van der Waals surface area (Å²) < 4.78 is 5.77. The van der Waals surface area contributed by atoms with Gasteiger partial charge in [-0.2, -0.15) is 0 Å². The van der Waals surface area contributed by atoms with Gasteiger partial charge in [-0.05, 0) is 28.8 Å². The fraction of sp³-hybridized carbons (Fsp3) is 0.136. The molecule has 0 aromatic heterocycles. The van der Waals surface area contributed by atoms with Crippen LogP contribution in [0.5, 0.6) is 5.75 Å². The van der Waals surface area contributed by atoms with Gasteiger partial charge in [0.15, 0.2) is 0 Å². The van der Waals surface area contributed by atoms with E-state index in [1.54, 1.807) is 4.90 Å². The Bertz CT molecular complexity index is 770. The lowest BCUT2D eigenvalue weighted by atomic mass is 10.1. The Balaban J connectivity index is 1.50. The second-order valence-electron chi connectivity index (χ2n) is 5.80. The highest BCUT2D eigenvalue weighted by molar-refractivity contribution is 5.63. The fourth-order valence-corrected chi connectivity index (χ4v) is 2.64. The van der Waals surface area contributed by atoms with Crippen molar-refractivity contribution in [1.82, 2.24) is 4.90 Å². The molecule has 3 heteroatoms. The number of carbonyl (C=O) groups excluding carboxylic acids is 1. The van der Waals surface area contributed by atoms with Crippen LogP contribution in [0.3, 0.4) is 0 Å². The summed E-state index contributed by atoms with van der Waals surface area (Å²) in [6, 6.07) is 28.2. The molecule has 0 radical (unpaired) electrons. The summed E-state index contributed by atoms with van der Waals surface area (Å²) in [6.07, 6.45) is 0.870. The first-order chi connectivity index (χ1) is 12.3. The first-order valence-electron chi connectivity index (χ1n) is 8.37. The van der Waals surface area contributed by atoms with Crippen LogP contribution in [-0.4, -0.2) is 24.5 Å². The van der Waals surface area contributed by atoms with Crippen molar-refractivity contribution >= 4 is 6.41 Å². The normalized spacial score (nSPS) is 10.2. The molecule has 0 bridgehead atoms. The quantitative estimate of drug-likeness (QED) is 0.573. The summed E-state index contributed by atoms with van der Waals surface area (Å²) in [5.41, 5.74) is 3.46. The van der Waals surface area contributed by atoms with Gasteiger partial charge in [-0.25, -0.2) is 0 Å². The Labute approximate surface area is 148 Å². The molecular formula is C22H21NO2. The van der Waals surface area contributed by atoms with E-state index < -0.39 is 0 Å². The maximum Gasteiger partial charge on any atom is 0.210 e. The monoisotopic (exact) mass is 331 g/mol. The fourth-order valence-electron chi connectivity index (χ4n) is 2.64. The third-order valence-corrected chi connectivity index (χ3v) is 3.99. The summed E-state index contributed by atoms with van der Waals surface area (Å²) in [5.74, 6) is 0.810. The molecule has 0 spiro atoms. The van der Waals surface area contributed by atoms with E-state index in [4.69, 9.17) is 4.74 Å². The van der Waals surface area contributed by atoms with Crippen molar-refractivity contribution in [2.45, 2.75) is 6.54 Å². The standard InChI is InChI=1S/C22H21NO2/c24-18-23(17-19-7-3-1-4-8-19)15-16-25-22-13-11-21(12-14-22)20-9-5-2-6-10-20/h1-14,18H,15-17H2. The number of carbonyl (C=O) groups is 1. The molecule has 0 aliphatic heterocycles. The second kappa shape index (κ2) is 8.69. The molecule has 0 unspecified atom stereocenters. The highest BCUT2D eigenvalue weighted by atomic mass is 16.5. The molecule has 1 amide bonds. The van der Waals surface area contributed by atoms with Crippen molar-refractivity contribution in [1.29, 1.82) is 0 Å². The predicted octanol–water partition coefficient (Wildman–Crippen LogP) is 4.39. The molecule has 0 heterocycles. The molecule has 0 aliphatic carbocycles. The van der Waals surface area contributed by atoms with Gasteiger partial charge in [0.2, 0.25) is 6.41 Å². The van der Waals surface area contributed by atoms with Crippen molar-refractivity contribution in [2.75, 3.05) is 13.2 Å². The van der Waals surface area contributed by atoms with E-state index in [0.29, 0.717) is 19.7 Å². The highest BCUT2D eigenvalue weighted by Crippen LogP contribution is 2.22. The summed E-state index contributed by atoms with van der Waals surface area (Å²) in [6.45, 7) is 1.62. The highest BCUT2D eigenvalue weighted by Gasteiger charge is 2.04. The van der Waals surface area contributed by atoms with Gasteiger partial charge in [-0.1, -0.05) is 72.8 Å². The van der Waals surface area contributed by atoms with Crippen LogP contribution in [0.15, 0.2) is 84.9 Å². The Morgan fingerprint density at radius 1 is 0.760 bits per heavy atom. The minimum atomic E-state index is 0.469. The number of hydrogen-bond acceptors (Lipinski definition) is 2. The average molecular weight is 331 g/mol. The number of amides is 1. The maximum atomic E-state index is 11.2. The van der Waals surface area contributed by atoms with Gasteiger partial charge < -0.3 is 9.64 Å². The van der Waals surface area contributed by atoms with Crippen LogP contribution in [0.25, 0.3) is 11.1 Å². The maximum absolute atomic E-state index is 11.2. The molecule has 0 saturated heterocycles. The summed E-state index contributed by atoms with van der Waals surface area (Å²) >= 11 is 0. The van der Waals surface area contributed by atoms with Crippen LogP contribution >= 0.6 is 0 Å². The first-order valence-corrected chi connectivity index (χ1v) is 8.37. The van der Waals surface area contributed by atoms with E-state index in [-0.39, 0.29) is 0 Å². The largest absolute Gasteiger partial charge is 0.492 e. The third kappa shape index (κ3) is 4.95. The Morgan fingerprint density at radius 3 is 2.00 bits per heavy atom. The smallest absolute Gasteiger partial charge is 0.210 e. The van der Waals surface area contributed by atoms with Gasteiger partial charge in [0.1, 0.15) is 12.4 Å². The van der Waals surface area contributed by atoms with Crippen molar-refractivity contribution in [2.24, 2.45) is 0 Å². The van der Waals surface area contributed by atoms with Gasteiger partial charge in [-0.3, -0.25) is 4.79 Å². The molecular weight excluding hydrogens is 310 g/mol. The topological polar surface area (TPSA) is 29.5 Å². The predicted molar refractivity (Wildman–Crippen MR) is 100 cm³/mol. The molecule has 0 fully saturated rings. The zero-order valence-electron chi connectivity index (χ0n) is 14.0. The molecule has 126 valence electrons. The van der Waals surface area contributed by atoms with E-state index in [1.807, 2.05) is 72.8 Å².